The fraction of sp³-hybridized carbons (Fsp3) is 0.450. The Kier molecular flexibility index (Phi) is 6.21. The summed E-state index contributed by atoms with van der Waals surface area (Å²) in [6.07, 6.45) is 7.33. The van der Waals surface area contributed by atoms with Crippen LogP contribution >= 0.6 is 0 Å². The van der Waals surface area contributed by atoms with Gasteiger partial charge < -0.3 is 15.0 Å². The Morgan fingerprint density at radius 1 is 1.04 bits per heavy atom. The molecule has 1 aromatic heterocycles. The zero-order valence-corrected chi connectivity index (χ0v) is 14.4. The molecule has 1 aliphatic rings. The number of methoxy groups -OCH3 is 1. The molecule has 4 nitrogen and oxygen atoms in total. The SMILES string of the molecule is COc1ccc(CNC2CCN(CCc3ccncc3)CC2)cc1. The van der Waals surface area contributed by atoms with Gasteiger partial charge in [0.25, 0.3) is 0 Å². The van der Waals surface area contributed by atoms with Gasteiger partial charge in [-0.3, -0.25) is 4.98 Å². The summed E-state index contributed by atoms with van der Waals surface area (Å²) in [5, 5.41) is 3.69. The van der Waals surface area contributed by atoms with E-state index in [0.29, 0.717) is 6.04 Å². The zero-order chi connectivity index (χ0) is 16.6. The number of hydrogen-bond acceptors (Lipinski definition) is 4. The predicted molar refractivity (Wildman–Crippen MR) is 97.2 cm³/mol. The van der Waals surface area contributed by atoms with Crippen LogP contribution in [-0.4, -0.2) is 42.7 Å². The molecule has 0 unspecified atom stereocenters. The fourth-order valence-electron chi connectivity index (χ4n) is 3.20. The summed E-state index contributed by atoms with van der Waals surface area (Å²) < 4.78 is 5.20. The van der Waals surface area contributed by atoms with Crippen molar-refractivity contribution in [3.05, 3.63) is 59.9 Å². The first-order valence-corrected chi connectivity index (χ1v) is 8.81. The van der Waals surface area contributed by atoms with Gasteiger partial charge in [0.15, 0.2) is 0 Å². The maximum absolute atomic E-state index is 5.20. The molecule has 1 N–H and O–H groups in total. The van der Waals surface area contributed by atoms with Gasteiger partial charge in [-0.2, -0.15) is 0 Å². The van der Waals surface area contributed by atoms with Crippen LogP contribution in [0.15, 0.2) is 48.8 Å². The summed E-state index contributed by atoms with van der Waals surface area (Å²) in [5.74, 6) is 0.918. The number of benzene rings is 1. The van der Waals surface area contributed by atoms with Crippen molar-refractivity contribution in [2.45, 2.75) is 31.8 Å². The molecule has 0 radical (unpaired) electrons. The molecule has 24 heavy (non-hydrogen) atoms. The highest BCUT2D eigenvalue weighted by molar-refractivity contribution is 5.27. The molecule has 4 heteroatoms. The van der Waals surface area contributed by atoms with Gasteiger partial charge in [-0.15, -0.1) is 0 Å². The maximum Gasteiger partial charge on any atom is 0.118 e. The molecule has 0 spiro atoms. The number of nitrogens with one attached hydrogen (secondary N) is 1. The average molecular weight is 325 g/mol. The molecule has 3 rings (SSSR count). The normalized spacial score (nSPS) is 16.2. The molecule has 0 saturated carbocycles. The van der Waals surface area contributed by atoms with Crippen molar-refractivity contribution in [3.8, 4) is 5.75 Å². The number of aromatic nitrogens is 1. The minimum Gasteiger partial charge on any atom is -0.497 e. The number of pyridine rings is 1. The number of likely N-dealkylation sites (tertiary alicyclic amines) is 1. The maximum atomic E-state index is 5.20. The van der Waals surface area contributed by atoms with Crippen molar-refractivity contribution < 1.29 is 4.74 Å². The number of nitrogens with zero attached hydrogens (tertiary/aromatic N) is 2. The molecule has 1 saturated heterocycles. The second-order valence-electron chi connectivity index (χ2n) is 6.45. The lowest BCUT2D eigenvalue weighted by molar-refractivity contribution is 0.199. The third-order valence-corrected chi connectivity index (χ3v) is 4.81. The second-order valence-corrected chi connectivity index (χ2v) is 6.45. The van der Waals surface area contributed by atoms with Gasteiger partial charge in [0.05, 0.1) is 7.11 Å². The summed E-state index contributed by atoms with van der Waals surface area (Å²) in [4.78, 5) is 6.65. The van der Waals surface area contributed by atoms with E-state index in [1.54, 1.807) is 7.11 Å². The van der Waals surface area contributed by atoms with E-state index in [1.807, 2.05) is 24.5 Å². The van der Waals surface area contributed by atoms with Crippen LogP contribution in [0.4, 0.5) is 0 Å². The molecular weight excluding hydrogens is 298 g/mol. The highest BCUT2D eigenvalue weighted by Crippen LogP contribution is 2.14. The van der Waals surface area contributed by atoms with E-state index in [2.05, 4.69) is 39.5 Å². The van der Waals surface area contributed by atoms with Gasteiger partial charge in [-0.05, 0) is 67.7 Å². The van der Waals surface area contributed by atoms with Crippen LogP contribution in [-0.2, 0) is 13.0 Å². The zero-order valence-electron chi connectivity index (χ0n) is 14.4. The van der Waals surface area contributed by atoms with Crippen molar-refractivity contribution in [2.75, 3.05) is 26.7 Å². The van der Waals surface area contributed by atoms with Crippen molar-refractivity contribution in [1.29, 1.82) is 0 Å². The molecule has 0 atom stereocenters. The fourth-order valence-corrected chi connectivity index (χ4v) is 3.20. The minimum absolute atomic E-state index is 0.629. The Labute approximate surface area is 144 Å². The van der Waals surface area contributed by atoms with Crippen LogP contribution in [0.5, 0.6) is 5.75 Å². The summed E-state index contributed by atoms with van der Waals surface area (Å²) in [6.45, 7) is 4.46. The molecule has 0 bridgehead atoms. The van der Waals surface area contributed by atoms with Crippen molar-refractivity contribution in [2.24, 2.45) is 0 Å². The van der Waals surface area contributed by atoms with Gasteiger partial charge in [0.1, 0.15) is 5.75 Å². The molecular formula is C20H27N3O. The van der Waals surface area contributed by atoms with Crippen molar-refractivity contribution >= 4 is 0 Å². The largest absolute Gasteiger partial charge is 0.497 e. The van der Waals surface area contributed by atoms with Crippen LogP contribution in [0.3, 0.4) is 0 Å². The Morgan fingerprint density at radius 2 is 1.75 bits per heavy atom. The summed E-state index contributed by atoms with van der Waals surface area (Å²) in [5.41, 5.74) is 2.70. The highest BCUT2D eigenvalue weighted by Gasteiger charge is 2.18. The lowest BCUT2D eigenvalue weighted by Gasteiger charge is -2.32. The predicted octanol–water partition coefficient (Wildman–Crippen LogP) is 2.89. The summed E-state index contributed by atoms with van der Waals surface area (Å²) in [7, 11) is 1.70. The van der Waals surface area contributed by atoms with Gasteiger partial charge >= 0.3 is 0 Å². The van der Waals surface area contributed by atoms with E-state index < -0.39 is 0 Å². The smallest absolute Gasteiger partial charge is 0.118 e. The first-order chi connectivity index (χ1) is 11.8. The van der Waals surface area contributed by atoms with E-state index in [0.717, 1.165) is 25.3 Å². The van der Waals surface area contributed by atoms with E-state index in [4.69, 9.17) is 4.74 Å². The van der Waals surface area contributed by atoms with Crippen LogP contribution in [0.1, 0.15) is 24.0 Å². The monoisotopic (exact) mass is 325 g/mol. The highest BCUT2D eigenvalue weighted by atomic mass is 16.5. The van der Waals surface area contributed by atoms with Crippen molar-refractivity contribution in [1.82, 2.24) is 15.2 Å². The van der Waals surface area contributed by atoms with Crippen LogP contribution in [0.25, 0.3) is 0 Å². The quantitative estimate of drug-likeness (QED) is 0.849. The third-order valence-electron chi connectivity index (χ3n) is 4.81. The molecule has 128 valence electrons. The summed E-state index contributed by atoms with van der Waals surface area (Å²) in [6, 6.07) is 13.2. The van der Waals surface area contributed by atoms with Gasteiger partial charge in [-0.1, -0.05) is 12.1 Å². The van der Waals surface area contributed by atoms with E-state index in [-0.39, 0.29) is 0 Å². The van der Waals surface area contributed by atoms with Crippen molar-refractivity contribution in [3.63, 3.8) is 0 Å². The average Bonchev–Trinajstić information content (AvgIpc) is 2.67. The van der Waals surface area contributed by atoms with Crippen LogP contribution in [0.2, 0.25) is 0 Å². The standard InChI is InChI=1S/C20H27N3O/c1-24-20-4-2-18(3-5-20)16-22-19-9-14-23(15-10-19)13-8-17-6-11-21-12-7-17/h2-7,11-12,19,22H,8-10,13-16H2,1H3. The van der Waals surface area contributed by atoms with Crippen LogP contribution < -0.4 is 10.1 Å². The molecule has 1 fully saturated rings. The van der Waals surface area contributed by atoms with E-state index >= 15 is 0 Å². The molecule has 0 amide bonds. The molecule has 2 aromatic rings. The van der Waals surface area contributed by atoms with Gasteiger partial charge in [0, 0.05) is 31.5 Å². The lowest BCUT2D eigenvalue weighted by atomic mass is 10.0. The third kappa shape index (κ3) is 5.05. The van der Waals surface area contributed by atoms with Crippen LogP contribution in [0, 0.1) is 0 Å². The first kappa shape index (κ1) is 16.9. The Balaban J connectivity index is 1.35. The van der Waals surface area contributed by atoms with Gasteiger partial charge in [0.2, 0.25) is 0 Å². The van der Waals surface area contributed by atoms with E-state index in [1.165, 1.54) is 37.1 Å². The molecule has 0 aliphatic carbocycles. The summed E-state index contributed by atoms with van der Waals surface area (Å²) >= 11 is 0. The number of hydrogen-bond donors (Lipinski definition) is 1. The topological polar surface area (TPSA) is 37.4 Å². The number of ether oxygens (including phenoxy) is 1. The Morgan fingerprint density at radius 3 is 2.42 bits per heavy atom. The first-order valence-electron chi connectivity index (χ1n) is 8.81. The van der Waals surface area contributed by atoms with E-state index in [9.17, 15) is 0 Å². The number of rotatable bonds is 7. The Bertz CT molecular complexity index is 592. The minimum atomic E-state index is 0.629. The second kappa shape index (κ2) is 8.81. The Hall–Kier alpha value is -1.91. The molecule has 1 aromatic carbocycles. The lowest BCUT2D eigenvalue weighted by Crippen LogP contribution is -2.42. The van der Waals surface area contributed by atoms with Gasteiger partial charge in [-0.25, -0.2) is 0 Å². The molecule has 1 aliphatic heterocycles. The number of piperidine rings is 1. The molecule has 2 heterocycles.